The van der Waals surface area contributed by atoms with Crippen LogP contribution >= 0.6 is 0 Å². The number of Topliss-reactive ketones (excluding diaryl/α,β-unsaturated/α-hetero) is 3. The molecule has 2 heterocycles. The number of imidazole rings is 1. The molecule has 2 N–H and O–H groups in total. The van der Waals surface area contributed by atoms with E-state index in [1.54, 1.807) is 11.1 Å². The van der Waals surface area contributed by atoms with Crippen LogP contribution < -0.4 is 5.73 Å². The van der Waals surface area contributed by atoms with Gasteiger partial charge in [0.15, 0.2) is 17.4 Å². The lowest BCUT2D eigenvalue weighted by Crippen LogP contribution is -2.41. The zero-order valence-corrected chi connectivity index (χ0v) is 20.8. The maximum absolute atomic E-state index is 13.8. The minimum absolute atomic E-state index is 0.0559. The lowest BCUT2D eigenvalue weighted by atomic mass is 10.0. The first-order valence-electron chi connectivity index (χ1n) is 11.9. The van der Waals surface area contributed by atoms with Gasteiger partial charge in [-0.2, -0.15) is 26.3 Å². The zero-order chi connectivity index (χ0) is 30.9. The summed E-state index contributed by atoms with van der Waals surface area (Å²) < 4.78 is 109. The number of aromatic nitrogens is 2. The van der Waals surface area contributed by atoms with Crippen LogP contribution in [0, 0.1) is 23.4 Å². The van der Waals surface area contributed by atoms with Gasteiger partial charge in [-0.15, -0.1) is 0 Å². The monoisotopic (exact) mass is 600 g/mol. The summed E-state index contributed by atoms with van der Waals surface area (Å²) in [4.78, 5) is 50.0. The third-order valence-corrected chi connectivity index (χ3v) is 6.08. The van der Waals surface area contributed by atoms with Crippen molar-refractivity contribution in [1.29, 1.82) is 0 Å². The maximum atomic E-state index is 13.8. The molecular weight excluding hydrogens is 579 g/mol. The van der Waals surface area contributed by atoms with Crippen LogP contribution in [-0.4, -0.2) is 62.6 Å². The van der Waals surface area contributed by atoms with E-state index in [0.717, 1.165) is 18.9 Å². The quantitative estimate of drug-likeness (QED) is 0.226. The molecule has 0 spiro atoms. The van der Waals surface area contributed by atoms with E-state index in [4.69, 9.17) is 5.73 Å². The lowest BCUT2D eigenvalue weighted by Gasteiger charge is -2.28. The molecule has 0 bridgehead atoms. The zero-order valence-electron chi connectivity index (χ0n) is 20.8. The van der Waals surface area contributed by atoms with Crippen molar-refractivity contribution in [2.75, 3.05) is 6.54 Å². The van der Waals surface area contributed by atoms with Gasteiger partial charge in [0, 0.05) is 43.7 Å². The Morgan fingerprint density at radius 3 is 2.00 bits per heavy atom. The number of amides is 1. The summed E-state index contributed by atoms with van der Waals surface area (Å²) in [6.45, 7) is 1.24. The lowest BCUT2D eigenvalue weighted by molar-refractivity contribution is -0.193. The van der Waals surface area contributed by atoms with Gasteiger partial charge in [0.2, 0.25) is 5.91 Å². The number of benzene rings is 1. The van der Waals surface area contributed by atoms with Crippen LogP contribution in [0.1, 0.15) is 41.1 Å². The van der Waals surface area contributed by atoms with Gasteiger partial charge in [-0.1, -0.05) is 0 Å². The van der Waals surface area contributed by atoms with Crippen molar-refractivity contribution in [2.45, 2.75) is 57.2 Å². The van der Waals surface area contributed by atoms with E-state index in [2.05, 4.69) is 4.98 Å². The number of alkyl halides is 6. The van der Waals surface area contributed by atoms with Crippen molar-refractivity contribution in [2.24, 2.45) is 11.7 Å². The highest BCUT2D eigenvalue weighted by molar-refractivity contribution is 6.41. The molecule has 2 aromatic rings. The van der Waals surface area contributed by atoms with Crippen molar-refractivity contribution in [3.63, 3.8) is 0 Å². The summed E-state index contributed by atoms with van der Waals surface area (Å²) in [5.74, 6) is -9.57. The third-order valence-electron chi connectivity index (χ3n) is 6.08. The fourth-order valence-corrected chi connectivity index (χ4v) is 3.82. The van der Waals surface area contributed by atoms with Crippen molar-refractivity contribution in [3.8, 4) is 0 Å². The molecule has 1 atom stereocenters. The molecule has 1 amide bonds. The molecule has 17 heteroatoms. The molecule has 1 aromatic heterocycles. The Morgan fingerprint density at radius 2 is 1.46 bits per heavy atom. The predicted octanol–water partition coefficient (Wildman–Crippen LogP) is 3.44. The number of halogens is 9. The fourth-order valence-electron chi connectivity index (χ4n) is 3.82. The molecule has 0 radical (unpaired) electrons. The Kier molecular flexibility index (Phi) is 9.30. The van der Waals surface area contributed by atoms with Crippen molar-refractivity contribution < 1.29 is 58.7 Å². The second kappa shape index (κ2) is 12.0. The van der Waals surface area contributed by atoms with Crippen LogP contribution in [0.15, 0.2) is 18.3 Å². The summed E-state index contributed by atoms with van der Waals surface area (Å²) in [5.41, 5.74) is 6.33. The number of ketones is 3. The number of carbonyl (C=O) groups is 4. The van der Waals surface area contributed by atoms with Crippen LogP contribution in [0.25, 0.3) is 0 Å². The molecule has 1 aliphatic heterocycles. The second-order valence-electron chi connectivity index (χ2n) is 9.37. The Balaban J connectivity index is 0.000000327. The SMILES string of the molecule is N[C@@H](CC(=O)N1CCn2cc(C(=O)C3CC3)nc2C1)Cc1cc(F)c(F)cc1F.O=C(C(=O)C(F)(F)F)C(F)(F)F. The summed E-state index contributed by atoms with van der Waals surface area (Å²) >= 11 is 0. The summed E-state index contributed by atoms with van der Waals surface area (Å²) in [7, 11) is 0. The van der Waals surface area contributed by atoms with Crippen LogP contribution in [0.5, 0.6) is 0 Å². The first-order chi connectivity index (χ1) is 18.9. The molecule has 0 saturated heterocycles. The first kappa shape index (κ1) is 31.8. The molecule has 2 aliphatic rings. The van der Waals surface area contributed by atoms with Gasteiger partial charge < -0.3 is 15.2 Å². The molecule has 1 fully saturated rings. The van der Waals surface area contributed by atoms with E-state index in [-0.39, 0.29) is 42.6 Å². The highest BCUT2D eigenvalue weighted by Gasteiger charge is 2.54. The molecule has 0 unspecified atom stereocenters. The number of hydrogen-bond donors (Lipinski definition) is 1. The molecular formula is C24H21F9N4O4. The van der Waals surface area contributed by atoms with E-state index in [1.807, 2.05) is 4.57 Å². The van der Waals surface area contributed by atoms with E-state index < -0.39 is 47.4 Å². The summed E-state index contributed by atoms with van der Waals surface area (Å²) in [6, 6.07) is 0.505. The van der Waals surface area contributed by atoms with Crippen LogP contribution in [0.3, 0.4) is 0 Å². The summed E-state index contributed by atoms with van der Waals surface area (Å²) in [5, 5.41) is 0. The molecule has 224 valence electrons. The standard InChI is InChI=1S/C20H21F3N4O2.C4F6O2/c21-14-8-16(23)15(22)6-12(14)5-13(24)7-19(28)27-4-3-26-9-17(25-18(26)10-27)20(29)11-1-2-11;5-3(6,7)1(11)2(12)4(8,9)10/h6,8-9,11,13H,1-5,7,10,24H2;/t13-;/m1./s1. The van der Waals surface area contributed by atoms with E-state index in [0.29, 0.717) is 30.7 Å². The molecule has 41 heavy (non-hydrogen) atoms. The van der Waals surface area contributed by atoms with E-state index in [1.165, 1.54) is 0 Å². The first-order valence-corrected chi connectivity index (χ1v) is 11.9. The van der Waals surface area contributed by atoms with Gasteiger partial charge in [-0.05, 0) is 30.9 Å². The predicted molar refractivity (Wildman–Crippen MR) is 119 cm³/mol. The second-order valence-corrected chi connectivity index (χ2v) is 9.37. The van der Waals surface area contributed by atoms with Gasteiger partial charge in [-0.3, -0.25) is 19.2 Å². The fraction of sp³-hybridized carbons (Fsp3) is 0.458. The molecule has 1 aliphatic carbocycles. The Bertz CT molecular complexity index is 1330. The number of nitrogens with two attached hydrogens (primary N) is 1. The van der Waals surface area contributed by atoms with Gasteiger partial charge >= 0.3 is 23.9 Å². The smallest absolute Gasteiger partial charge is 0.333 e. The summed E-state index contributed by atoms with van der Waals surface area (Å²) in [6.07, 6.45) is -8.14. The highest BCUT2D eigenvalue weighted by atomic mass is 19.4. The van der Waals surface area contributed by atoms with E-state index in [9.17, 15) is 58.7 Å². The molecule has 1 saturated carbocycles. The Labute approximate surface area is 225 Å². The topological polar surface area (TPSA) is 115 Å². The van der Waals surface area contributed by atoms with Crippen molar-refractivity contribution in [1.82, 2.24) is 14.5 Å². The van der Waals surface area contributed by atoms with Gasteiger partial charge in [0.25, 0.3) is 0 Å². The average molecular weight is 600 g/mol. The van der Waals surface area contributed by atoms with Crippen LogP contribution in [-0.2, 0) is 33.9 Å². The Morgan fingerprint density at radius 1 is 0.902 bits per heavy atom. The number of hydrogen-bond acceptors (Lipinski definition) is 6. The average Bonchev–Trinajstić information content (AvgIpc) is 3.63. The number of nitrogens with zero attached hydrogens (tertiary/aromatic N) is 3. The molecule has 1 aromatic carbocycles. The van der Waals surface area contributed by atoms with Gasteiger partial charge in [0.05, 0.1) is 6.54 Å². The molecule has 4 rings (SSSR count). The van der Waals surface area contributed by atoms with Crippen molar-refractivity contribution in [3.05, 3.63) is 52.9 Å². The Hall–Kier alpha value is -3.76. The normalized spacial score (nSPS) is 15.9. The van der Waals surface area contributed by atoms with Gasteiger partial charge in [-0.25, -0.2) is 18.2 Å². The minimum atomic E-state index is -5.77. The number of carbonyl (C=O) groups excluding carboxylic acids is 4. The molecule has 8 nitrogen and oxygen atoms in total. The number of rotatable bonds is 7. The number of fused-ring (bicyclic) bond motifs is 1. The minimum Gasteiger partial charge on any atom is -0.333 e. The van der Waals surface area contributed by atoms with Crippen LogP contribution in [0.4, 0.5) is 39.5 Å². The van der Waals surface area contributed by atoms with Crippen LogP contribution in [0.2, 0.25) is 0 Å². The van der Waals surface area contributed by atoms with Gasteiger partial charge in [0.1, 0.15) is 17.3 Å². The van der Waals surface area contributed by atoms with E-state index >= 15 is 0 Å². The maximum Gasteiger partial charge on any atom is 0.458 e. The third kappa shape index (κ3) is 8.14. The largest absolute Gasteiger partial charge is 0.458 e. The highest BCUT2D eigenvalue weighted by Crippen LogP contribution is 2.32. The van der Waals surface area contributed by atoms with Crippen molar-refractivity contribution >= 4 is 23.3 Å².